The van der Waals surface area contributed by atoms with E-state index in [0.717, 1.165) is 16.0 Å². The number of carboxylic acids is 1. The summed E-state index contributed by atoms with van der Waals surface area (Å²) in [7, 11) is 0. The first-order valence-electron chi connectivity index (χ1n) is 37.2. The van der Waals surface area contributed by atoms with Gasteiger partial charge in [0.15, 0.2) is 11.6 Å². The molecule has 7 rings (SSSR count). The van der Waals surface area contributed by atoms with E-state index in [1.165, 1.54) is 98.3 Å². The first-order valence-corrected chi connectivity index (χ1v) is 39.5. The number of hydrogen-bond donors (Lipinski definition) is 16. The predicted octanol–water partition coefficient (Wildman–Crippen LogP) is 2.29. The molecule has 1 saturated heterocycles. The van der Waals surface area contributed by atoms with Crippen LogP contribution < -0.4 is 54.0 Å². The van der Waals surface area contributed by atoms with Gasteiger partial charge in [-0.15, -0.1) is 0 Å². The summed E-state index contributed by atoms with van der Waals surface area (Å²) in [6.07, 6.45) is -3.07. The zero-order valence-electron chi connectivity index (χ0n) is 63.5. The second kappa shape index (κ2) is 41.9. The number of nitrogens with one attached hydrogen (secondary N) is 9. The molecule has 1 fully saturated rings. The van der Waals surface area contributed by atoms with Crippen LogP contribution in [0.5, 0.6) is 11.5 Å². The van der Waals surface area contributed by atoms with Crippen molar-refractivity contribution in [2.24, 2.45) is 28.7 Å². The number of carbonyl (C=O) groups is 13. The van der Waals surface area contributed by atoms with Gasteiger partial charge in [0.25, 0.3) is 0 Å². The molecule has 2 aliphatic heterocycles. The van der Waals surface area contributed by atoms with E-state index in [9.17, 15) is 78.3 Å². The van der Waals surface area contributed by atoms with Crippen LogP contribution in [-0.2, 0) is 93.1 Å². The van der Waals surface area contributed by atoms with Crippen LogP contribution in [0.3, 0.4) is 0 Å². The van der Waals surface area contributed by atoms with E-state index in [-0.39, 0.29) is 75.2 Å². The van der Waals surface area contributed by atoms with Gasteiger partial charge in [-0.25, -0.2) is 4.98 Å². The van der Waals surface area contributed by atoms with Crippen molar-refractivity contribution in [2.75, 3.05) is 18.1 Å². The summed E-state index contributed by atoms with van der Waals surface area (Å²) in [5, 5.41) is 74.8. The highest BCUT2D eigenvalue weighted by atomic mass is 32.2. The molecular weight excluding hydrogens is 1470 g/mol. The topological polar surface area (TPSA) is 503 Å². The molecule has 2 aliphatic rings. The van der Waals surface area contributed by atoms with Crippen LogP contribution in [0, 0.1) is 17.3 Å². The number of aromatic amines is 1. The molecule has 10 amide bonds. The molecule has 14 atom stereocenters. The lowest BCUT2D eigenvalue weighted by Crippen LogP contribution is -2.62. The quantitative estimate of drug-likeness (QED) is 0.0674. The summed E-state index contributed by atoms with van der Waals surface area (Å²) in [6.45, 7) is 10.8. The third-order valence-electron chi connectivity index (χ3n) is 19.4. The molecule has 0 unspecified atom stereocenters. The Balaban J connectivity index is 1.24. The molecule has 5 aromatic rings. The van der Waals surface area contributed by atoms with Gasteiger partial charge in [-0.05, 0) is 116 Å². The summed E-state index contributed by atoms with van der Waals surface area (Å²) in [6, 6.07) is 8.25. The van der Waals surface area contributed by atoms with Crippen molar-refractivity contribution in [1.82, 2.24) is 57.4 Å². The molecule has 33 heteroatoms. The van der Waals surface area contributed by atoms with Gasteiger partial charge in [-0.2, -0.15) is 23.5 Å². The van der Waals surface area contributed by atoms with E-state index in [1.807, 2.05) is 24.3 Å². The zero-order chi connectivity index (χ0) is 81.4. The van der Waals surface area contributed by atoms with E-state index < -0.39 is 192 Å². The number of phenols is 2. The minimum absolute atomic E-state index is 0.0160. The molecule has 2 bridgehead atoms. The van der Waals surface area contributed by atoms with Crippen molar-refractivity contribution < 1.29 is 87.9 Å². The Labute approximate surface area is 652 Å². The van der Waals surface area contributed by atoms with Crippen LogP contribution >= 0.6 is 23.5 Å². The van der Waals surface area contributed by atoms with E-state index in [2.05, 4.69) is 52.5 Å². The number of nitrogens with zero attached hydrogens (tertiary/aromatic N) is 2. The number of pyridine rings is 1. The number of H-pyrrole nitrogens is 1. The highest BCUT2D eigenvalue weighted by molar-refractivity contribution is 7.98. The number of aliphatic hydroxyl groups excluding tert-OH is 2. The van der Waals surface area contributed by atoms with E-state index in [4.69, 9.17) is 11.5 Å². The number of aliphatic carboxylic acids is 1. The van der Waals surface area contributed by atoms with Gasteiger partial charge in [-0.3, -0.25) is 62.3 Å². The average Bonchev–Trinajstić information content (AvgIpc) is 1.69. The van der Waals surface area contributed by atoms with Crippen LogP contribution in [0.15, 0.2) is 97.3 Å². The Morgan fingerprint density at radius 2 is 1.20 bits per heavy atom. The van der Waals surface area contributed by atoms with Crippen molar-refractivity contribution >= 4 is 111 Å². The van der Waals surface area contributed by atoms with Gasteiger partial charge < -0.3 is 89.4 Å². The SMILES string of the molecule is CCC[C@@H]1NC(=O)[C@H](Cc2ccc(O)cc2)CC(=O)[C@H](CCC(=O)O)NC(=O)[C@H](CCC)NC(=O)[C@H](Cc2c[nH]c3ncccc23)NC(=O)[C@H]([C@@H](C)O)NC(=O)[C@@H]2C[C@H](N)CN2C(=O)[C@H](Cc2ccc(O)cc2)NC(=O)[C@H](C(C)(C)C)NC(=O)CCSCc2cccc(c2)CSC[C@@H](C(N)=O)NC(=O)[C@H]([C@@H](C)O)CC1=O. The molecular formula is C78H105N13O18S2. The predicted molar refractivity (Wildman–Crippen MR) is 415 cm³/mol. The standard InChI is InChI=1S/C78H105N13O18S2/c1-8-12-55-63(97)36-54(42(3)92)71(103)88-60(68(80)101)41-111-40-47-15-10-14-46(30-47)39-110-29-27-64(98)89-67(78(5,6)7)76(108)87-59(32-45-19-23-52(95)24-20-45)77(109)91-38-50(79)35-61(91)74(106)90-66(43(4)93)75(107)86-58(33-49-37-82-69-53(49)16-11-28-81-69)73(105)85-57(13-9-2)72(104)84-56(25-26-65(99)100)62(96)34-48(70(102)83-55)31-44-17-21-51(94)22-18-44/h10-11,14-24,28,30,37,42-43,48,50,54-61,66-67,92-95H,8-9,12-13,25-27,29,31-36,38-41,79H2,1-7H3,(H2,80,101)(H,81,82)(H,83,102)(H,84,104)(H,85,105)(H,86,107)(H,87,108)(H,88,103)(H,89,98)(H,90,106)(H,99,100)/t42-,43-,48-,50+,54+,55+,56+,57+,58+,59+,60+,61+,66+,67-/m1/s1. The van der Waals surface area contributed by atoms with Crippen LogP contribution in [0.1, 0.15) is 140 Å². The Hall–Kier alpha value is -9.96. The Morgan fingerprint density at radius 3 is 1.81 bits per heavy atom. The van der Waals surface area contributed by atoms with E-state index >= 15 is 9.59 Å². The third-order valence-corrected chi connectivity index (χ3v) is 21.5. The number of amides is 10. The van der Waals surface area contributed by atoms with Crippen LogP contribution in [0.25, 0.3) is 11.0 Å². The van der Waals surface area contributed by atoms with Gasteiger partial charge >= 0.3 is 5.97 Å². The second-order valence-electron chi connectivity index (χ2n) is 29.6. The molecule has 3 aromatic carbocycles. The number of nitrogens with two attached hydrogens (primary N) is 2. The third kappa shape index (κ3) is 26.6. The summed E-state index contributed by atoms with van der Waals surface area (Å²) < 4.78 is 0. The van der Waals surface area contributed by atoms with Crippen molar-refractivity contribution in [1.29, 1.82) is 0 Å². The zero-order valence-corrected chi connectivity index (χ0v) is 65.1. The number of aliphatic hydroxyl groups is 2. The molecule has 111 heavy (non-hydrogen) atoms. The fourth-order valence-electron chi connectivity index (χ4n) is 13.2. The Bertz CT molecular complexity index is 4100. The Morgan fingerprint density at radius 1 is 0.622 bits per heavy atom. The van der Waals surface area contributed by atoms with Gasteiger partial charge in [0.1, 0.15) is 59.4 Å². The molecule has 0 aliphatic carbocycles. The Kier molecular flexibility index (Phi) is 33.3. The highest BCUT2D eigenvalue weighted by Gasteiger charge is 2.45. The number of primary amides is 1. The summed E-state index contributed by atoms with van der Waals surface area (Å²) in [4.78, 5) is 195. The monoisotopic (exact) mass is 1580 g/mol. The fraction of sp³-hybridized carbons (Fsp3) is 0.513. The number of ketones is 2. The molecule has 18 N–H and O–H groups in total. The minimum atomic E-state index is -1.85. The number of fused-ring (bicyclic) bond motifs is 4. The van der Waals surface area contributed by atoms with Crippen molar-refractivity contribution in [3.8, 4) is 11.5 Å². The highest BCUT2D eigenvalue weighted by Crippen LogP contribution is 2.27. The van der Waals surface area contributed by atoms with E-state index in [0.29, 0.717) is 51.4 Å². The fourth-order valence-corrected chi connectivity index (χ4v) is 15.1. The molecule has 0 saturated carbocycles. The number of aromatic hydroxyl groups is 2. The molecule has 31 nitrogen and oxygen atoms in total. The maximum atomic E-state index is 15.2. The number of rotatable bonds is 16. The molecule has 602 valence electrons. The molecule has 2 aromatic heterocycles. The summed E-state index contributed by atoms with van der Waals surface area (Å²) in [5.74, 6) is -13.5. The van der Waals surface area contributed by atoms with E-state index in [1.54, 1.807) is 46.8 Å². The van der Waals surface area contributed by atoms with Crippen molar-refractivity contribution in [3.63, 3.8) is 0 Å². The normalized spacial score (nSPS) is 25.1. The van der Waals surface area contributed by atoms with Crippen LogP contribution in [-0.4, -0.2) is 208 Å². The van der Waals surface area contributed by atoms with Gasteiger partial charge in [-0.1, -0.05) is 96.0 Å². The molecule has 0 radical (unpaired) electrons. The average molecular weight is 1580 g/mol. The minimum Gasteiger partial charge on any atom is -0.508 e. The van der Waals surface area contributed by atoms with Crippen molar-refractivity contribution in [2.45, 2.75) is 216 Å². The first-order chi connectivity index (χ1) is 52.6. The van der Waals surface area contributed by atoms with Gasteiger partial charge in [0, 0.05) is 97.8 Å². The number of carbonyl (C=O) groups excluding carboxylic acids is 12. The lowest BCUT2D eigenvalue weighted by molar-refractivity contribution is -0.143. The smallest absolute Gasteiger partial charge is 0.303 e. The van der Waals surface area contributed by atoms with Crippen LogP contribution in [0.2, 0.25) is 0 Å². The number of aromatic nitrogens is 2. The lowest BCUT2D eigenvalue weighted by Gasteiger charge is -2.34. The maximum absolute atomic E-state index is 15.2. The first kappa shape index (κ1) is 88.3. The number of thioether (sulfide) groups is 2. The maximum Gasteiger partial charge on any atom is 0.303 e. The lowest BCUT2D eigenvalue weighted by atomic mass is 9.85. The number of phenolic OH excluding ortho intramolecular Hbond substituents is 2. The number of carboxylic acid groups (broad SMARTS) is 1. The van der Waals surface area contributed by atoms with Crippen molar-refractivity contribution in [3.05, 3.63) is 125 Å². The van der Waals surface area contributed by atoms with Gasteiger partial charge in [0.2, 0.25) is 59.1 Å². The summed E-state index contributed by atoms with van der Waals surface area (Å²) in [5.41, 5.74) is 14.9. The van der Waals surface area contributed by atoms with Crippen LogP contribution in [0.4, 0.5) is 0 Å². The second-order valence-corrected chi connectivity index (χ2v) is 31.7. The van der Waals surface area contributed by atoms with Gasteiger partial charge in [0.05, 0.1) is 30.2 Å². The molecule has 0 spiro atoms. The number of Topliss-reactive ketones (excluding diaryl/α,β-unsaturated/α-hetero) is 2. The number of benzene rings is 3. The largest absolute Gasteiger partial charge is 0.508 e. The number of hydrogen-bond acceptors (Lipinski definition) is 21. The summed E-state index contributed by atoms with van der Waals surface area (Å²) >= 11 is 2.71. The molecule has 4 heterocycles.